The minimum absolute atomic E-state index is 0.112. The van der Waals surface area contributed by atoms with E-state index in [-0.39, 0.29) is 18.3 Å². The van der Waals surface area contributed by atoms with Gasteiger partial charge < -0.3 is 18.9 Å². The van der Waals surface area contributed by atoms with Crippen LogP contribution < -0.4 is 29.1 Å². The maximum atomic E-state index is 14.0. The van der Waals surface area contributed by atoms with Crippen molar-refractivity contribution < 1.29 is 23.7 Å². The third kappa shape index (κ3) is 5.93. The number of fused-ring (bicyclic) bond motifs is 1. The van der Waals surface area contributed by atoms with E-state index in [1.807, 2.05) is 38.1 Å². The van der Waals surface area contributed by atoms with Crippen LogP contribution in [0, 0.1) is 0 Å². The average Bonchev–Trinajstić information content (AvgIpc) is 3.22. The van der Waals surface area contributed by atoms with Gasteiger partial charge >= 0.3 is 5.97 Å². The molecule has 1 aromatic heterocycles. The Morgan fingerprint density at radius 2 is 1.98 bits per heavy atom. The van der Waals surface area contributed by atoms with Gasteiger partial charge in [0.2, 0.25) is 0 Å². The highest BCUT2D eigenvalue weighted by Gasteiger charge is 2.35. The normalized spacial score (nSPS) is 15.0. The van der Waals surface area contributed by atoms with Gasteiger partial charge in [-0.2, -0.15) is 0 Å². The van der Waals surface area contributed by atoms with Gasteiger partial charge in [0.15, 0.2) is 16.3 Å². The second-order valence-electron chi connectivity index (χ2n) is 9.13. The van der Waals surface area contributed by atoms with Crippen LogP contribution in [0.4, 0.5) is 0 Å². The first-order chi connectivity index (χ1) is 19.2. The van der Waals surface area contributed by atoms with Crippen molar-refractivity contribution in [2.45, 2.75) is 39.8 Å². The number of nitrogens with zero attached hydrogens (tertiary/aromatic N) is 2. The SMILES string of the molecule is C=CCOc1cc(Br)c(/C=c2/sc3n(c2=O)[C@H](c2ccccc2OC(C)C)C(C(=O)OCC)=C(C)N=3)cc1OC. The summed E-state index contributed by atoms with van der Waals surface area (Å²) in [6.45, 7) is 11.5. The molecule has 4 rings (SSSR count). The Kier molecular flexibility index (Phi) is 9.32. The lowest BCUT2D eigenvalue weighted by molar-refractivity contribution is -0.139. The molecule has 0 radical (unpaired) electrons. The molecule has 0 saturated carbocycles. The number of allylic oxidation sites excluding steroid dienone is 1. The number of esters is 1. The summed E-state index contributed by atoms with van der Waals surface area (Å²) in [5, 5.41) is 0. The molecule has 0 fully saturated rings. The summed E-state index contributed by atoms with van der Waals surface area (Å²) in [5.74, 6) is 1.12. The van der Waals surface area contributed by atoms with Crippen LogP contribution in [-0.4, -0.2) is 37.0 Å². The Bertz CT molecular complexity index is 1650. The number of halogens is 1. The van der Waals surface area contributed by atoms with Crippen LogP contribution in [0.25, 0.3) is 6.08 Å². The van der Waals surface area contributed by atoms with Gasteiger partial charge in [0, 0.05) is 10.0 Å². The number of methoxy groups -OCH3 is 1. The fourth-order valence-corrected chi connectivity index (χ4v) is 5.85. The molecule has 3 aromatic rings. The Morgan fingerprint density at radius 3 is 2.65 bits per heavy atom. The number of rotatable bonds is 10. The van der Waals surface area contributed by atoms with Gasteiger partial charge in [-0.25, -0.2) is 9.79 Å². The van der Waals surface area contributed by atoms with Gasteiger partial charge in [-0.15, -0.1) is 0 Å². The fraction of sp³-hybridized carbons (Fsp3) is 0.300. The number of thiazole rings is 1. The number of hydrogen-bond donors (Lipinski definition) is 0. The van der Waals surface area contributed by atoms with Crippen LogP contribution in [-0.2, 0) is 9.53 Å². The zero-order valence-electron chi connectivity index (χ0n) is 23.0. The first kappa shape index (κ1) is 29.4. The van der Waals surface area contributed by atoms with E-state index in [1.54, 1.807) is 49.8 Å². The maximum Gasteiger partial charge on any atom is 0.338 e. The number of carbonyl (C=O) groups is 1. The largest absolute Gasteiger partial charge is 0.493 e. The summed E-state index contributed by atoms with van der Waals surface area (Å²) in [6, 6.07) is 10.2. The molecule has 0 amide bonds. The third-order valence-corrected chi connectivity index (χ3v) is 7.69. The summed E-state index contributed by atoms with van der Waals surface area (Å²) in [6.07, 6.45) is 3.30. The van der Waals surface area contributed by atoms with E-state index >= 15 is 0 Å². The van der Waals surface area contributed by atoms with Crippen molar-refractivity contribution in [1.82, 2.24) is 4.57 Å². The summed E-state index contributed by atoms with van der Waals surface area (Å²) in [4.78, 5) is 32.4. The molecule has 0 saturated heterocycles. The lowest BCUT2D eigenvalue weighted by atomic mass is 9.95. The van der Waals surface area contributed by atoms with Gasteiger partial charge in [0.1, 0.15) is 18.4 Å². The Balaban J connectivity index is 1.95. The Labute approximate surface area is 245 Å². The van der Waals surface area contributed by atoms with E-state index in [0.717, 1.165) is 5.56 Å². The van der Waals surface area contributed by atoms with Crippen molar-refractivity contribution in [1.29, 1.82) is 0 Å². The van der Waals surface area contributed by atoms with Crippen molar-refractivity contribution in [2.24, 2.45) is 4.99 Å². The number of carbonyl (C=O) groups excluding carboxylic acids is 1. The van der Waals surface area contributed by atoms with Gasteiger partial charge in [0.25, 0.3) is 5.56 Å². The number of benzene rings is 2. The summed E-state index contributed by atoms with van der Waals surface area (Å²) in [5.41, 5.74) is 1.89. The van der Waals surface area contributed by atoms with Crippen molar-refractivity contribution in [3.05, 3.63) is 95.6 Å². The molecule has 210 valence electrons. The lowest BCUT2D eigenvalue weighted by Gasteiger charge is -2.26. The molecule has 1 atom stereocenters. The van der Waals surface area contributed by atoms with Gasteiger partial charge in [-0.1, -0.05) is 58.1 Å². The maximum absolute atomic E-state index is 14.0. The van der Waals surface area contributed by atoms with E-state index in [0.29, 0.717) is 54.5 Å². The quantitative estimate of drug-likeness (QED) is 0.234. The number of para-hydroxylation sites is 1. The van der Waals surface area contributed by atoms with E-state index in [1.165, 1.54) is 11.3 Å². The highest BCUT2D eigenvalue weighted by Crippen LogP contribution is 2.37. The first-order valence-electron chi connectivity index (χ1n) is 12.8. The van der Waals surface area contributed by atoms with Crippen molar-refractivity contribution in [3.8, 4) is 17.2 Å². The van der Waals surface area contributed by atoms with E-state index in [2.05, 4.69) is 27.5 Å². The zero-order valence-corrected chi connectivity index (χ0v) is 25.4. The van der Waals surface area contributed by atoms with Crippen molar-refractivity contribution in [2.75, 3.05) is 20.3 Å². The van der Waals surface area contributed by atoms with Gasteiger partial charge in [-0.05, 0) is 57.5 Å². The molecule has 0 unspecified atom stereocenters. The van der Waals surface area contributed by atoms with Crippen LogP contribution >= 0.6 is 27.3 Å². The summed E-state index contributed by atoms with van der Waals surface area (Å²) in [7, 11) is 1.55. The predicted molar refractivity (Wildman–Crippen MR) is 159 cm³/mol. The molecular formula is C30H31BrN2O6S. The molecular weight excluding hydrogens is 596 g/mol. The predicted octanol–water partition coefficient (Wildman–Crippen LogP) is 4.92. The van der Waals surface area contributed by atoms with Crippen LogP contribution in [0.3, 0.4) is 0 Å². The molecule has 1 aliphatic rings. The van der Waals surface area contributed by atoms with Crippen LogP contribution in [0.2, 0.25) is 0 Å². The van der Waals surface area contributed by atoms with Gasteiger partial charge in [-0.3, -0.25) is 9.36 Å². The molecule has 0 bridgehead atoms. The fourth-order valence-electron chi connectivity index (χ4n) is 4.38. The minimum Gasteiger partial charge on any atom is -0.493 e. The number of hydrogen-bond acceptors (Lipinski definition) is 8. The monoisotopic (exact) mass is 626 g/mol. The zero-order chi connectivity index (χ0) is 29.0. The topological polar surface area (TPSA) is 88.4 Å². The second kappa shape index (κ2) is 12.7. The summed E-state index contributed by atoms with van der Waals surface area (Å²) < 4.78 is 25.4. The Hall–Kier alpha value is -3.63. The van der Waals surface area contributed by atoms with E-state index in [4.69, 9.17) is 18.9 Å². The highest BCUT2D eigenvalue weighted by atomic mass is 79.9. The molecule has 10 heteroatoms. The number of aromatic nitrogens is 1. The average molecular weight is 628 g/mol. The second-order valence-corrected chi connectivity index (χ2v) is 11.0. The Morgan fingerprint density at radius 1 is 1.23 bits per heavy atom. The van der Waals surface area contributed by atoms with Crippen LogP contribution in [0.1, 0.15) is 44.9 Å². The molecule has 1 aliphatic heterocycles. The van der Waals surface area contributed by atoms with Crippen LogP contribution in [0.5, 0.6) is 17.2 Å². The molecule has 2 aromatic carbocycles. The first-order valence-corrected chi connectivity index (χ1v) is 14.4. The molecule has 0 aliphatic carbocycles. The smallest absolute Gasteiger partial charge is 0.338 e. The van der Waals surface area contributed by atoms with E-state index in [9.17, 15) is 9.59 Å². The minimum atomic E-state index is -0.778. The van der Waals surface area contributed by atoms with Crippen molar-refractivity contribution >= 4 is 39.3 Å². The van der Waals surface area contributed by atoms with Crippen molar-refractivity contribution in [3.63, 3.8) is 0 Å². The summed E-state index contributed by atoms with van der Waals surface area (Å²) >= 11 is 4.83. The van der Waals surface area contributed by atoms with Crippen LogP contribution in [0.15, 0.2) is 74.6 Å². The standard InChI is InChI=1S/C30H31BrN2O6S/c1-7-13-38-24-16-21(31)19(14-23(24)36-6)15-25-28(34)33-27(20-11-9-10-12-22(20)39-17(3)4)26(29(35)37-8-2)18(5)32-30(33)40-25/h7,9-12,14-17,27H,1,8,13H2,2-6H3/b25-15+/t27-/m1/s1. The lowest BCUT2D eigenvalue weighted by Crippen LogP contribution is -2.40. The molecule has 0 spiro atoms. The highest BCUT2D eigenvalue weighted by molar-refractivity contribution is 9.10. The molecule has 2 heterocycles. The molecule has 8 nitrogen and oxygen atoms in total. The van der Waals surface area contributed by atoms with Gasteiger partial charge in [0.05, 0.1) is 35.6 Å². The third-order valence-electron chi connectivity index (χ3n) is 6.02. The molecule has 40 heavy (non-hydrogen) atoms. The van der Waals surface area contributed by atoms with E-state index < -0.39 is 12.0 Å². The molecule has 0 N–H and O–H groups in total. The number of ether oxygens (including phenoxy) is 4.